The molecular formula is C21H24N4O4S2. The number of methoxy groups -OCH3 is 1. The summed E-state index contributed by atoms with van der Waals surface area (Å²) in [6.45, 7) is 3.38. The van der Waals surface area contributed by atoms with Crippen LogP contribution in [0.5, 0.6) is 17.2 Å². The lowest BCUT2D eigenvalue weighted by molar-refractivity contribution is -0.118. The van der Waals surface area contributed by atoms with E-state index in [1.165, 1.54) is 23.1 Å². The summed E-state index contributed by atoms with van der Waals surface area (Å²) in [5, 5.41) is 14.9. The fraction of sp³-hybridized carbons (Fsp3) is 0.286. The molecule has 8 nitrogen and oxygen atoms in total. The van der Waals surface area contributed by atoms with Crippen LogP contribution in [0.4, 0.5) is 10.8 Å². The molecule has 0 radical (unpaired) electrons. The number of aromatic nitrogens is 2. The van der Waals surface area contributed by atoms with E-state index in [9.17, 15) is 4.79 Å². The van der Waals surface area contributed by atoms with Gasteiger partial charge in [0.15, 0.2) is 4.34 Å². The maximum absolute atomic E-state index is 12.0. The van der Waals surface area contributed by atoms with Crippen molar-refractivity contribution >= 4 is 39.8 Å². The molecule has 0 spiro atoms. The van der Waals surface area contributed by atoms with E-state index in [4.69, 9.17) is 14.2 Å². The smallest absolute Gasteiger partial charge is 0.230 e. The Kier molecular flexibility index (Phi) is 8.80. The van der Waals surface area contributed by atoms with Gasteiger partial charge >= 0.3 is 0 Å². The van der Waals surface area contributed by atoms with Crippen LogP contribution in [0.15, 0.2) is 52.9 Å². The zero-order valence-corrected chi connectivity index (χ0v) is 18.9. The molecule has 1 heterocycles. The van der Waals surface area contributed by atoms with Crippen molar-refractivity contribution in [1.29, 1.82) is 0 Å². The zero-order valence-electron chi connectivity index (χ0n) is 17.3. The Morgan fingerprint density at radius 3 is 2.35 bits per heavy atom. The van der Waals surface area contributed by atoms with Crippen LogP contribution in [0.1, 0.15) is 6.92 Å². The van der Waals surface area contributed by atoms with Crippen molar-refractivity contribution in [2.45, 2.75) is 11.3 Å². The van der Waals surface area contributed by atoms with Gasteiger partial charge in [-0.25, -0.2) is 0 Å². The van der Waals surface area contributed by atoms with Gasteiger partial charge in [-0.1, -0.05) is 23.1 Å². The number of carbonyl (C=O) groups excluding carboxylic acids is 1. The second kappa shape index (κ2) is 12.0. The molecular weight excluding hydrogens is 436 g/mol. The summed E-state index contributed by atoms with van der Waals surface area (Å²) in [6, 6.07) is 14.9. The van der Waals surface area contributed by atoms with Crippen LogP contribution >= 0.6 is 23.1 Å². The first-order valence-electron chi connectivity index (χ1n) is 9.66. The van der Waals surface area contributed by atoms with Gasteiger partial charge in [0.1, 0.15) is 23.9 Å². The molecule has 2 aromatic carbocycles. The van der Waals surface area contributed by atoms with Crippen LogP contribution in [-0.2, 0) is 4.79 Å². The highest BCUT2D eigenvalue weighted by atomic mass is 32.2. The minimum Gasteiger partial charge on any atom is -0.497 e. The molecule has 1 aromatic heterocycles. The third-order valence-electron chi connectivity index (χ3n) is 3.90. The molecule has 0 aliphatic carbocycles. The molecule has 0 bridgehead atoms. The molecule has 164 valence electrons. The number of ether oxygens (including phenoxy) is 3. The van der Waals surface area contributed by atoms with Crippen LogP contribution in [0.2, 0.25) is 0 Å². The quantitative estimate of drug-likeness (QED) is 0.310. The van der Waals surface area contributed by atoms with E-state index in [0.29, 0.717) is 24.9 Å². The minimum atomic E-state index is -0.0832. The Bertz CT molecular complexity index is 949. The Balaban J connectivity index is 1.33. The second-order valence-electron chi connectivity index (χ2n) is 6.12. The second-order valence-corrected chi connectivity index (χ2v) is 8.32. The van der Waals surface area contributed by atoms with Crippen molar-refractivity contribution in [3.05, 3.63) is 48.5 Å². The van der Waals surface area contributed by atoms with Crippen LogP contribution in [-0.4, -0.2) is 48.7 Å². The number of amides is 1. The molecule has 0 aliphatic heterocycles. The van der Waals surface area contributed by atoms with Gasteiger partial charge in [-0.2, -0.15) is 0 Å². The zero-order chi connectivity index (χ0) is 21.9. The van der Waals surface area contributed by atoms with E-state index in [2.05, 4.69) is 20.8 Å². The normalized spacial score (nSPS) is 10.4. The summed E-state index contributed by atoms with van der Waals surface area (Å²) in [5.41, 5.74) is 0.888. The molecule has 3 rings (SSSR count). The average molecular weight is 461 g/mol. The van der Waals surface area contributed by atoms with Gasteiger partial charge in [0.25, 0.3) is 0 Å². The Hall–Kier alpha value is -2.98. The fourth-order valence-corrected chi connectivity index (χ4v) is 4.05. The predicted molar refractivity (Wildman–Crippen MR) is 123 cm³/mol. The van der Waals surface area contributed by atoms with Gasteiger partial charge in [-0.3, -0.25) is 4.79 Å². The van der Waals surface area contributed by atoms with Gasteiger partial charge < -0.3 is 24.8 Å². The topological polar surface area (TPSA) is 94.6 Å². The van der Waals surface area contributed by atoms with Crippen molar-refractivity contribution in [2.75, 3.05) is 37.9 Å². The van der Waals surface area contributed by atoms with Crippen LogP contribution in [0.3, 0.4) is 0 Å². The first-order chi connectivity index (χ1) is 15.2. The van der Waals surface area contributed by atoms with E-state index in [1.54, 1.807) is 7.11 Å². The van der Waals surface area contributed by atoms with Crippen molar-refractivity contribution in [2.24, 2.45) is 0 Å². The predicted octanol–water partition coefficient (Wildman–Crippen LogP) is 3.98. The molecule has 0 aliphatic rings. The Morgan fingerprint density at radius 2 is 1.68 bits per heavy atom. The first kappa shape index (κ1) is 22.7. The number of carbonyl (C=O) groups is 1. The van der Waals surface area contributed by atoms with Gasteiger partial charge in [-0.05, 0) is 55.5 Å². The van der Waals surface area contributed by atoms with Gasteiger partial charge in [0, 0.05) is 5.69 Å². The molecule has 0 atom stereocenters. The summed E-state index contributed by atoms with van der Waals surface area (Å²) in [6.07, 6.45) is 0. The van der Waals surface area contributed by atoms with E-state index in [0.717, 1.165) is 27.3 Å². The highest BCUT2D eigenvalue weighted by Gasteiger charge is 2.08. The number of nitrogens with one attached hydrogen (secondary N) is 2. The molecule has 0 unspecified atom stereocenters. The number of nitrogens with zero attached hydrogens (tertiary/aromatic N) is 2. The van der Waals surface area contributed by atoms with Gasteiger partial charge in [0.2, 0.25) is 11.0 Å². The molecule has 2 N–H and O–H groups in total. The molecule has 0 saturated heterocycles. The van der Waals surface area contributed by atoms with E-state index < -0.39 is 0 Å². The maximum atomic E-state index is 12.0. The molecule has 0 saturated carbocycles. The summed E-state index contributed by atoms with van der Waals surface area (Å²) in [5.74, 6) is 2.51. The van der Waals surface area contributed by atoms with E-state index in [1.807, 2.05) is 55.5 Å². The van der Waals surface area contributed by atoms with Crippen LogP contribution in [0.25, 0.3) is 0 Å². The number of anilines is 2. The van der Waals surface area contributed by atoms with Gasteiger partial charge in [-0.15, -0.1) is 10.2 Å². The number of thioether (sulfide) groups is 1. The Morgan fingerprint density at radius 1 is 1.00 bits per heavy atom. The lowest BCUT2D eigenvalue weighted by Gasteiger charge is -2.08. The monoisotopic (exact) mass is 460 g/mol. The van der Waals surface area contributed by atoms with E-state index >= 15 is 0 Å². The van der Waals surface area contributed by atoms with Crippen molar-refractivity contribution in [3.63, 3.8) is 0 Å². The summed E-state index contributed by atoms with van der Waals surface area (Å²) in [4.78, 5) is 12.0. The summed E-state index contributed by atoms with van der Waals surface area (Å²) >= 11 is 2.74. The van der Waals surface area contributed by atoms with E-state index in [-0.39, 0.29) is 11.7 Å². The highest BCUT2D eigenvalue weighted by molar-refractivity contribution is 8.01. The SMILES string of the molecule is CCOc1ccc(OCCNC(=O)CSc2nnc(Nc3ccc(OC)cc3)s2)cc1. The minimum absolute atomic E-state index is 0.0832. The average Bonchev–Trinajstić information content (AvgIpc) is 3.24. The van der Waals surface area contributed by atoms with Crippen molar-refractivity contribution in [3.8, 4) is 17.2 Å². The number of hydrogen-bond donors (Lipinski definition) is 2. The standard InChI is InChI=1S/C21H24N4O4S2/c1-3-28-17-8-10-18(11-9-17)29-13-12-22-19(26)14-30-21-25-24-20(31-21)23-15-4-6-16(27-2)7-5-15/h4-11H,3,12-14H2,1-2H3,(H,22,26)(H,23,24). The number of benzene rings is 2. The largest absolute Gasteiger partial charge is 0.497 e. The first-order valence-corrected chi connectivity index (χ1v) is 11.5. The Labute approximate surface area is 189 Å². The molecule has 31 heavy (non-hydrogen) atoms. The summed E-state index contributed by atoms with van der Waals surface area (Å²) < 4.78 is 16.9. The molecule has 3 aromatic rings. The van der Waals surface area contributed by atoms with Gasteiger partial charge in [0.05, 0.1) is 26.0 Å². The fourth-order valence-electron chi connectivity index (χ4n) is 2.45. The third-order valence-corrected chi connectivity index (χ3v) is 5.87. The van der Waals surface area contributed by atoms with Crippen molar-refractivity contribution < 1.29 is 19.0 Å². The molecule has 0 fully saturated rings. The lowest BCUT2D eigenvalue weighted by atomic mass is 10.3. The van der Waals surface area contributed by atoms with Crippen molar-refractivity contribution in [1.82, 2.24) is 15.5 Å². The maximum Gasteiger partial charge on any atom is 0.230 e. The third kappa shape index (κ3) is 7.65. The molecule has 1 amide bonds. The number of hydrogen-bond acceptors (Lipinski definition) is 9. The van der Waals surface area contributed by atoms with Crippen LogP contribution in [0, 0.1) is 0 Å². The summed E-state index contributed by atoms with van der Waals surface area (Å²) in [7, 11) is 1.63. The highest BCUT2D eigenvalue weighted by Crippen LogP contribution is 2.28. The number of rotatable bonds is 12. The van der Waals surface area contributed by atoms with Crippen LogP contribution < -0.4 is 24.8 Å². The molecule has 10 heteroatoms. The lowest BCUT2D eigenvalue weighted by Crippen LogP contribution is -2.29.